The Labute approximate surface area is 303 Å². The van der Waals surface area contributed by atoms with Gasteiger partial charge in [0.15, 0.2) is 0 Å². The Morgan fingerprint density at radius 2 is 0.959 bits per heavy atom. The second-order valence-corrected chi connectivity index (χ2v) is 19.1. The molecule has 2 nitrogen and oxygen atoms in total. The normalized spacial score (nSPS) is 12.4. The van der Waals surface area contributed by atoms with Crippen LogP contribution in [0, 0.1) is 0 Å². The van der Waals surface area contributed by atoms with E-state index in [4.69, 9.17) is 4.74 Å². The summed E-state index contributed by atoms with van der Waals surface area (Å²) in [7, 11) is 3.44. The molecule has 0 saturated carbocycles. The first-order chi connectivity index (χ1) is 24.0. The molecule has 0 radical (unpaired) electrons. The largest absolute Gasteiger partial charge is 0.492 e. The van der Waals surface area contributed by atoms with Gasteiger partial charge in [0, 0.05) is 13.8 Å². The van der Waals surface area contributed by atoms with Gasteiger partial charge in [0.1, 0.15) is 12.4 Å². The van der Waals surface area contributed by atoms with Gasteiger partial charge in [0.25, 0.3) is 0 Å². The molecule has 0 fully saturated rings. The zero-order valence-corrected chi connectivity index (χ0v) is 33.1. The highest BCUT2D eigenvalue weighted by Gasteiger charge is 2.34. The quantitative estimate of drug-likeness (QED) is 0.0450. The van der Waals surface area contributed by atoms with E-state index < -0.39 is 7.26 Å². The molecule has 0 amide bonds. The Bertz CT molecular complexity index is 1250. The summed E-state index contributed by atoms with van der Waals surface area (Å²) < 4.78 is 6.04. The van der Waals surface area contributed by atoms with Gasteiger partial charge in [-0.05, 0) is 99.0 Å². The van der Waals surface area contributed by atoms with Crippen molar-refractivity contribution in [2.24, 2.45) is 0 Å². The van der Waals surface area contributed by atoms with E-state index in [2.05, 4.69) is 125 Å². The van der Waals surface area contributed by atoms with Crippen LogP contribution in [0.3, 0.4) is 0 Å². The van der Waals surface area contributed by atoms with Gasteiger partial charge in [-0.1, -0.05) is 145 Å². The van der Waals surface area contributed by atoms with Crippen molar-refractivity contribution in [2.45, 2.75) is 117 Å². The average Bonchev–Trinajstić information content (AvgIpc) is 3.13. The summed E-state index contributed by atoms with van der Waals surface area (Å²) in [6.45, 7) is 8.77. The number of rotatable bonds is 27. The predicted molar refractivity (Wildman–Crippen MR) is 222 cm³/mol. The van der Waals surface area contributed by atoms with Crippen LogP contribution in [0.2, 0.25) is 0 Å². The van der Waals surface area contributed by atoms with Crippen LogP contribution in [-0.4, -0.2) is 56.8 Å². The van der Waals surface area contributed by atoms with E-state index in [-0.39, 0.29) is 0 Å². The predicted octanol–water partition coefficient (Wildman–Crippen LogP) is 13.5. The topological polar surface area (TPSA) is 12.5 Å². The van der Waals surface area contributed by atoms with Crippen molar-refractivity contribution < 1.29 is 4.74 Å². The van der Waals surface area contributed by atoms with Crippen LogP contribution < -0.4 is 4.74 Å². The SMILES string of the molecule is CCCC[P+](CCCC)(CCCC)CCCCCCCCCC/C(=C(\c1ccccc1)c1ccc(OCCN(C)C)cc1)c1ccccc1. The molecular formula is C46H71NOP+. The van der Waals surface area contributed by atoms with Crippen LogP contribution in [0.1, 0.15) is 134 Å². The summed E-state index contributed by atoms with van der Waals surface area (Å²) in [5.74, 6) is 0.935. The lowest BCUT2D eigenvalue weighted by Gasteiger charge is -2.28. The first-order valence-electron chi connectivity index (χ1n) is 20.1. The maximum absolute atomic E-state index is 6.04. The Hall–Kier alpha value is -2.41. The van der Waals surface area contributed by atoms with E-state index in [1.807, 2.05) is 0 Å². The van der Waals surface area contributed by atoms with Crippen molar-refractivity contribution >= 4 is 18.4 Å². The highest BCUT2D eigenvalue weighted by Crippen LogP contribution is 2.61. The molecule has 0 aromatic heterocycles. The lowest BCUT2D eigenvalue weighted by molar-refractivity contribution is 0.261. The molecule has 0 aliphatic rings. The molecule has 0 aliphatic carbocycles. The maximum Gasteiger partial charge on any atom is 0.119 e. The van der Waals surface area contributed by atoms with Gasteiger partial charge in [-0.15, -0.1) is 0 Å². The van der Waals surface area contributed by atoms with Crippen molar-refractivity contribution in [1.82, 2.24) is 4.90 Å². The van der Waals surface area contributed by atoms with Gasteiger partial charge in [0.05, 0.1) is 24.6 Å². The minimum Gasteiger partial charge on any atom is -0.492 e. The maximum atomic E-state index is 6.04. The molecule has 49 heavy (non-hydrogen) atoms. The average molecular weight is 685 g/mol. The standard InChI is InChI=1S/C46H71NOP/c1-6-9-37-49(38-10-7-2,39-11-8-3)40-25-17-15-13-12-14-16-24-30-45(41-26-20-18-21-27-41)46(42-28-22-19-23-29-42)43-31-33-44(34-32-43)48-36-35-47(4)5/h18-23,26-29,31-34H,6-17,24-25,30,35-40H2,1-5H3/q+1/b46-45-. The van der Waals surface area contributed by atoms with Crippen LogP contribution in [0.5, 0.6) is 5.75 Å². The molecule has 3 rings (SSSR count). The van der Waals surface area contributed by atoms with Crippen molar-refractivity contribution in [3.8, 4) is 5.75 Å². The summed E-state index contributed by atoms with van der Waals surface area (Å²) in [6, 6.07) is 30.8. The number of hydrogen-bond acceptors (Lipinski definition) is 2. The number of benzene rings is 3. The number of allylic oxidation sites excluding steroid dienone is 1. The smallest absolute Gasteiger partial charge is 0.119 e. The third-order valence-corrected chi connectivity index (χ3v) is 15.3. The molecule has 0 atom stereocenters. The zero-order valence-electron chi connectivity index (χ0n) is 32.2. The van der Waals surface area contributed by atoms with E-state index in [1.165, 1.54) is 118 Å². The van der Waals surface area contributed by atoms with Crippen LogP contribution in [-0.2, 0) is 0 Å². The Morgan fingerprint density at radius 3 is 1.47 bits per heavy atom. The van der Waals surface area contributed by atoms with Crippen LogP contribution in [0.4, 0.5) is 0 Å². The van der Waals surface area contributed by atoms with Gasteiger partial charge in [0.2, 0.25) is 0 Å². The fourth-order valence-electron chi connectivity index (χ4n) is 7.20. The fraction of sp³-hybridized carbons (Fsp3) is 0.565. The summed E-state index contributed by atoms with van der Waals surface area (Å²) in [4.78, 5) is 2.15. The Kier molecular flexibility index (Phi) is 20.7. The summed E-state index contributed by atoms with van der Waals surface area (Å²) in [6.07, 6.45) is 26.9. The summed E-state index contributed by atoms with van der Waals surface area (Å²) in [5.41, 5.74) is 6.68. The molecule has 3 aromatic carbocycles. The molecule has 0 saturated heterocycles. The monoisotopic (exact) mass is 685 g/mol. The molecule has 0 N–H and O–H groups in total. The Balaban J connectivity index is 1.58. The van der Waals surface area contributed by atoms with E-state index in [1.54, 1.807) is 24.6 Å². The molecule has 0 spiro atoms. The Morgan fingerprint density at radius 1 is 0.510 bits per heavy atom. The van der Waals surface area contributed by atoms with Gasteiger partial charge in [-0.2, -0.15) is 0 Å². The lowest BCUT2D eigenvalue weighted by Crippen LogP contribution is -2.19. The van der Waals surface area contributed by atoms with Gasteiger partial charge in [-0.25, -0.2) is 0 Å². The zero-order chi connectivity index (χ0) is 35.0. The molecule has 270 valence electrons. The van der Waals surface area contributed by atoms with Crippen LogP contribution in [0.25, 0.3) is 11.1 Å². The molecule has 0 bridgehead atoms. The van der Waals surface area contributed by atoms with Crippen molar-refractivity contribution in [3.05, 3.63) is 102 Å². The minimum atomic E-state index is -0.727. The molecule has 0 heterocycles. The molecule has 0 aliphatic heterocycles. The molecule has 0 unspecified atom stereocenters. The first kappa shape index (κ1) is 41.0. The van der Waals surface area contributed by atoms with E-state index in [0.29, 0.717) is 6.61 Å². The van der Waals surface area contributed by atoms with E-state index in [9.17, 15) is 0 Å². The van der Waals surface area contributed by atoms with Crippen molar-refractivity contribution in [3.63, 3.8) is 0 Å². The van der Waals surface area contributed by atoms with Gasteiger partial charge < -0.3 is 9.64 Å². The number of unbranched alkanes of at least 4 members (excludes halogenated alkanes) is 10. The number of nitrogens with zero attached hydrogens (tertiary/aromatic N) is 1. The summed E-state index contributed by atoms with van der Waals surface area (Å²) >= 11 is 0. The van der Waals surface area contributed by atoms with Crippen molar-refractivity contribution in [2.75, 3.05) is 51.9 Å². The summed E-state index contributed by atoms with van der Waals surface area (Å²) in [5, 5.41) is 0. The molecule has 3 heteroatoms. The van der Waals surface area contributed by atoms with E-state index >= 15 is 0 Å². The van der Waals surface area contributed by atoms with Crippen LogP contribution >= 0.6 is 7.26 Å². The van der Waals surface area contributed by atoms with Crippen LogP contribution in [0.15, 0.2) is 84.9 Å². The van der Waals surface area contributed by atoms with Gasteiger partial charge >= 0.3 is 0 Å². The number of hydrogen-bond donors (Lipinski definition) is 0. The molecular weight excluding hydrogens is 613 g/mol. The second kappa shape index (κ2) is 24.7. The fourth-order valence-corrected chi connectivity index (χ4v) is 12.4. The van der Waals surface area contributed by atoms with E-state index in [0.717, 1.165) is 18.7 Å². The third kappa shape index (κ3) is 15.6. The number of likely N-dealkylation sites (N-methyl/N-ethyl adjacent to an activating group) is 1. The highest BCUT2D eigenvalue weighted by molar-refractivity contribution is 7.75. The lowest BCUT2D eigenvalue weighted by atomic mass is 9.86. The van der Waals surface area contributed by atoms with Crippen molar-refractivity contribution in [1.29, 1.82) is 0 Å². The minimum absolute atomic E-state index is 0.697. The molecule has 3 aromatic rings. The highest BCUT2D eigenvalue weighted by atomic mass is 31.2. The van der Waals surface area contributed by atoms with Gasteiger partial charge in [-0.3, -0.25) is 0 Å². The third-order valence-electron chi connectivity index (χ3n) is 10.2. The first-order valence-corrected chi connectivity index (χ1v) is 22.6. The second-order valence-electron chi connectivity index (χ2n) is 14.6. The number of ether oxygens (including phenoxy) is 1.